The summed E-state index contributed by atoms with van der Waals surface area (Å²) in [6.07, 6.45) is 1.46. The van der Waals surface area contributed by atoms with Crippen molar-refractivity contribution in [1.82, 2.24) is 5.43 Å². The number of hydrazine groups is 1. The molecule has 1 amide bonds. The van der Waals surface area contributed by atoms with Gasteiger partial charge in [0.05, 0.1) is 5.39 Å². The van der Waals surface area contributed by atoms with E-state index in [4.69, 9.17) is 8.83 Å². The van der Waals surface area contributed by atoms with E-state index >= 15 is 0 Å². The Labute approximate surface area is 113 Å². The van der Waals surface area contributed by atoms with Gasteiger partial charge in [0.15, 0.2) is 5.58 Å². The van der Waals surface area contributed by atoms with Gasteiger partial charge in [0.1, 0.15) is 17.5 Å². The first-order valence-electron chi connectivity index (χ1n) is 6.03. The zero-order chi connectivity index (χ0) is 14.3. The van der Waals surface area contributed by atoms with Crippen molar-refractivity contribution in [2.75, 3.05) is 5.43 Å². The Morgan fingerprint density at radius 3 is 2.85 bits per heavy atom. The molecule has 0 saturated carbocycles. The average Bonchev–Trinajstić information content (AvgIpc) is 2.79. The third-order valence-corrected chi connectivity index (χ3v) is 3.03. The third kappa shape index (κ3) is 1.91. The highest BCUT2D eigenvalue weighted by Crippen LogP contribution is 2.33. The number of hydrogen-bond acceptors (Lipinski definition) is 5. The van der Waals surface area contributed by atoms with Gasteiger partial charge in [-0.25, -0.2) is 4.79 Å². The highest BCUT2D eigenvalue weighted by Gasteiger charge is 2.13. The van der Waals surface area contributed by atoms with Crippen molar-refractivity contribution in [3.05, 3.63) is 40.4 Å². The van der Waals surface area contributed by atoms with Crippen LogP contribution < -0.4 is 16.5 Å². The van der Waals surface area contributed by atoms with E-state index in [0.717, 1.165) is 10.9 Å². The standard InChI is InChI=1S/C14H12N2O4/c1-7-5-12(18)20-14-9(7)3-4-11-13(14)10(6-19-11)16-15-8(2)17/h3-6,16H,1-2H3,(H,15,17). The van der Waals surface area contributed by atoms with Crippen LogP contribution in [0.1, 0.15) is 12.5 Å². The van der Waals surface area contributed by atoms with Crippen LogP contribution in [0.25, 0.3) is 21.9 Å². The number of amides is 1. The first-order chi connectivity index (χ1) is 9.56. The van der Waals surface area contributed by atoms with Crippen molar-refractivity contribution < 1.29 is 13.6 Å². The SMILES string of the molecule is CC(=O)NNc1coc2ccc3c(C)cc(=O)oc3c12. The highest BCUT2D eigenvalue weighted by molar-refractivity contribution is 6.09. The molecule has 0 fully saturated rings. The summed E-state index contributed by atoms with van der Waals surface area (Å²) in [5.41, 5.74) is 7.15. The van der Waals surface area contributed by atoms with Crippen molar-refractivity contribution >= 4 is 33.5 Å². The van der Waals surface area contributed by atoms with Crippen LogP contribution in [0.15, 0.2) is 38.1 Å². The van der Waals surface area contributed by atoms with Gasteiger partial charge in [0.25, 0.3) is 0 Å². The minimum Gasteiger partial charge on any atom is -0.462 e. The molecule has 102 valence electrons. The molecule has 6 nitrogen and oxygen atoms in total. The summed E-state index contributed by atoms with van der Waals surface area (Å²) in [6, 6.07) is 5.07. The molecule has 0 aliphatic heterocycles. The van der Waals surface area contributed by atoms with E-state index < -0.39 is 5.63 Å². The largest absolute Gasteiger partial charge is 0.462 e. The van der Waals surface area contributed by atoms with Crippen molar-refractivity contribution in [2.24, 2.45) is 0 Å². The number of hydrogen-bond donors (Lipinski definition) is 2. The first kappa shape index (κ1) is 12.3. The van der Waals surface area contributed by atoms with Crippen LogP contribution in [0, 0.1) is 6.92 Å². The first-order valence-corrected chi connectivity index (χ1v) is 6.03. The number of nitrogens with one attached hydrogen (secondary N) is 2. The second kappa shape index (κ2) is 4.41. The molecule has 0 spiro atoms. The molecule has 3 aromatic rings. The van der Waals surface area contributed by atoms with Crippen LogP contribution in [0.5, 0.6) is 0 Å². The quantitative estimate of drug-likeness (QED) is 0.552. The topological polar surface area (TPSA) is 84.5 Å². The Morgan fingerprint density at radius 1 is 1.30 bits per heavy atom. The lowest BCUT2D eigenvalue weighted by atomic mass is 10.1. The zero-order valence-electron chi connectivity index (χ0n) is 10.9. The molecule has 2 heterocycles. The summed E-state index contributed by atoms with van der Waals surface area (Å²) in [4.78, 5) is 22.5. The maximum Gasteiger partial charge on any atom is 0.336 e. The molecule has 0 aliphatic rings. The number of carbonyl (C=O) groups excluding carboxylic acids is 1. The lowest BCUT2D eigenvalue weighted by Crippen LogP contribution is -2.26. The number of benzene rings is 1. The molecule has 2 aromatic heterocycles. The minimum atomic E-state index is -0.422. The fourth-order valence-corrected chi connectivity index (χ4v) is 2.15. The molecule has 0 saturated heterocycles. The second-order valence-electron chi connectivity index (χ2n) is 4.52. The van der Waals surface area contributed by atoms with Gasteiger partial charge in [-0.05, 0) is 24.6 Å². The van der Waals surface area contributed by atoms with Crippen molar-refractivity contribution in [2.45, 2.75) is 13.8 Å². The van der Waals surface area contributed by atoms with Gasteiger partial charge in [-0.3, -0.25) is 15.6 Å². The van der Waals surface area contributed by atoms with Gasteiger partial charge < -0.3 is 8.83 Å². The van der Waals surface area contributed by atoms with Gasteiger partial charge in [0, 0.05) is 18.4 Å². The fourth-order valence-electron chi connectivity index (χ4n) is 2.15. The number of carbonyl (C=O) groups is 1. The van der Waals surface area contributed by atoms with Crippen LogP contribution in [0.4, 0.5) is 5.69 Å². The van der Waals surface area contributed by atoms with Gasteiger partial charge in [0.2, 0.25) is 5.91 Å². The number of anilines is 1. The Kier molecular flexibility index (Phi) is 2.71. The monoisotopic (exact) mass is 272 g/mol. The Balaban J connectivity index is 2.30. The smallest absolute Gasteiger partial charge is 0.336 e. The van der Waals surface area contributed by atoms with Crippen LogP contribution in [0.2, 0.25) is 0 Å². The van der Waals surface area contributed by atoms with E-state index in [1.54, 1.807) is 6.07 Å². The van der Waals surface area contributed by atoms with Crippen LogP contribution in [0.3, 0.4) is 0 Å². The van der Waals surface area contributed by atoms with Gasteiger partial charge in [-0.1, -0.05) is 0 Å². The normalized spacial score (nSPS) is 10.9. The predicted molar refractivity (Wildman–Crippen MR) is 74.4 cm³/mol. The molecule has 1 aromatic carbocycles. The van der Waals surface area contributed by atoms with Crippen LogP contribution in [-0.4, -0.2) is 5.91 Å². The third-order valence-electron chi connectivity index (χ3n) is 3.03. The number of fused-ring (bicyclic) bond motifs is 3. The van der Waals surface area contributed by atoms with Gasteiger partial charge in [-0.2, -0.15) is 0 Å². The molecule has 0 radical (unpaired) electrons. The highest BCUT2D eigenvalue weighted by atomic mass is 16.4. The van der Waals surface area contributed by atoms with E-state index in [1.165, 1.54) is 19.3 Å². The molecule has 0 atom stereocenters. The van der Waals surface area contributed by atoms with E-state index in [0.29, 0.717) is 22.2 Å². The van der Waals surface area contributed by atoms with E-state index in [-0.39, 0.29) is 5.91 Å². The Hall–Kier alpha value is -2.76. The predicted octanol–water partition coefficient (Wildman–Crippen LogP) is 2.31. The molecule has 6 heteroatoms. The van der Waals surface area contributed by atoms with Gasteiger partial charge >= 0.3 is 5.63 Å². The molecule has 2 N–H and O–H groups in total. The molecule has 0 bridgehead atoms. The second-order valence-corrected chi connectivity index (χ2v) is 4.52. The van der Waals surface area contributed by atoms with Crippen LogP contribution >= 0.6 is 0 Å². The number of aryl methyl sites for hydroxylation is 1. The molecule has 3 rings (SSSR count). The summed E-state index contributed by atoms with van der Waals surface area (Å²) in [5.74, 6) is -0.239. The van der Waals surface area contributed by atoms with E-state index in [1.807, 2.05) is 13.0 Å². The Morgan fingerprint density at radius 2 is 2.10 bits per heavy atom. The number of furan rings is 1. The minimum absolute atomic E-state index is 0.239. The summed E-state index contributed by atoms with van der Waals surface area (Å²) in [5, 5.41) is 1.45. The lowest BCUT2D eigenvalue weighted by molar-refractivity contribution is -0.118. The lowest BCUT2D eigenvalue weighted by Gasteiger charge is -2.05. The summed E-state index contributed by atoms with van der Waals surface area (Å²) in [7, 11) is 0. The van der Waals surface area contributed by atoms with Crippen molar-refractivity contribution in [3.63, 3.8) is 0 Å². The molecule has 20 heavy (non-hydrogen) atoms. The number of rotatable bonds is 2. The molecule has 0 aliphatic carbocycles. The average molecular weight is 272 g/mol. The van der Waals surface area contributed by atoms with Crippen LogP contribution in [-0.2, 0) is 4.79 Å². The zero-order valence-corrected chi connectivity index (χ0v) is 10.9. The molecular weight excluding hydrogens is 260 g/mol. The Bertz CT molecular complexity index is 876. The maximum atomic E-state index is 11.6. The maximum absolute atomic E-state index is 11.6. The summed E-state index contributed by atoms with van der Waals surface area (Å²) >= 11 is 0. The van der Waals surface area contributed by atoms with E-state index in [2.05, 4.69) is 10.9 Å². The summed E-state index contributed by atoms with van der Waals surface area (Å²) in [6.45, 7) is 3.23. The fraction of sp³-hybridized carbons (Fsp3) is 0.143. The molecule has 0 unspecified atom stereocenters. The van der Waals surface area contributed by atoms with E-state index in [9.17, 15) is 9.59 Å². The van der Waals surface area contributed by atoms with Gasteiger partial charge in [-0.15, -0.1) is 0 Å². The van der Waals surface area contributed by atoms with Crippen molar-refractivity contribution in [3.8, 4) is 0 Å². The van der Waals surface area contributed by atoms with Crippen molar-refractivity contribution in [1.29, 1.82) is 0 Å². The molecular formula is C14H12N2O4. The summed E-state index contributed by atoms with van der Waals surface area (Å²) < 4.78 is 10.7.